The molecule has 2 aromatic heterocycles. The third kappa shape index (κ3) is 3.32. The van der Waals surface area contributed by atoms with E-state index >= 15 is 0 Å². The Hall–Kier alpha value is -2.41. The van der Waals surface area contributed by atoms with Gasteiger partial charge < -0.3 is 14.7 Å². The molecule has 2 heterocycles. The van der Waals surface area contributed by atoms with E-state index in [2.05, 4.69) is 9.97 Å². The highest BCUT2D eigenvalue weighted by Gasteiger charge is 2.18. The summed E-state index contributed by atoms with van der Waals surface area (Å²) < 4.78 is 19.3. The van der Waals surface area contributed by atoms with Gasteiger partial charge in [-0.3, -0.25) is 4.79 Å². The third-order valence-electron chi connectivity index (χ3n) is 4.48. The first-order valence-electron chi connectivity index (χ1n) is 8.32. The molecule has 0 unspecified atom stereocenters. The molecule has 0 aliphatic heterocycles. The Morgan fingerprint density at radius 2 is 2.04 bits per heavy atom. The molecule has 2 aromatic carbocycles. The van der Waals surface area contributed by atoms with Crippen LogP contribution in [0.15, 0.2) is 45.6 Å². The zero-order chi connectivity index (χ0) is 19.1. The monoisotopic (exact) mass is 406 g/mol. The summed E-state index contributed by atoms with van der Waals surface area (Å²) in [5, 5.41) is 3.07. The van der Waals surface area contributed by atoms with Crippen molar-refractivity contribution in [3.05, 3.63) is 74.0 Å². The van der Waals surface area contributed by atoms with Crippen molar-refractivity contribution >= 4 is 45.3 Å². The first-order chi connectivity index (χ1) is 12.9. The number of H-pyrrole nitrogens is 1. The van der Waals surface area contributed by atoms with Crippen LogP contribution in [0.1, 0.15) is 24.4 Å². The number of quaternary nitrogens is 1. The van der Waals surface area contributed by atoms with E-state index in [0.29, 0.717) is 34.1 Å². The predicted molar refractivity (Wildman–Crippen MR) is 103 cm³/mol. The van der Waals surface area contributed by atoms with Gasteiger partial charge in [0.2, 0.25) is 5.58 Å². The number of hydrogen-bond donors (Lipinski definition) is 2. The lowest BCUT2D eigenvalue weighted by Crippen LogP contribution is -2.83. The minimum Gasteiger partial charge on any atom is -0.449 e. The number of nitrogens with two attached hydrogens (primary N) is 1. The van der Waals surface area contributed by atoms with Gasteiger partial charge in [-0.1, -0.05) is 35.3 Å². The maximum Gasteiger partial charge on any atom is 0.294 e. The van der Waals surface area contributed by atoms with Crippen molar-refractivity contribution in [2.45, 2.75) is 19.5 Å². The van der Waals surface area contributed by atoms with Crippen LogP contribution in [-0.2, 0) is 6.54 Å². The zero-order valence-corrected chi connectivity index (χ0v) is 15.7. The van der Waals surface area contributed by atoms with Crippen LogP contribution in [0.3, 0.4) is 0 Å². The largest absolute Gasteiger partial charge is 0.449 e. The zero-order valence-electron chi connectivity index (χ0n) is 14.2. The highest BCUT2D eigenvalue weighted by atomic mass is 35.5. The fourth-order valence-corrected chi connectivity index (χ4v) is 3.60. The Morgan fingerprint density at radius 1 is 1.26 bits per heavy atom. The number of nitrogens with zero attached hydrogens (tertiary/aromatic N) is 1. The Morgan fingerprint density at radius 3 is 2.85 bits per heavy atom. The van der Waals surface area contributed by atoms with Crippen molar-refractivity contribution in [3.8, 4) is 0 Å². The van der Waals surface area contributed by atoms with Crippen molar-refractivity contribution in [2.75, 3.05) is 0 Å². The van der Waals surface area contributed by atoms with E-state index in [1.165, 1.54) is 12.1 Å². The maximum absolute atomic E-state index is 13.7. The summed E-state index contributed by atoms with van der Waals surface area (Å²) in [6.07, 6.45) is 0. The molecule has 0 amide bonds. The van der Waals surface area contributed by atoms with Crippen molar-refractivity contribution in [3.63, 3.8) is 0 Å². The topological polar surface area (TPSA) is 75.5 Å². The molecule has 0 aliphatic carbocycles. The third-order valence-corrected chi connectivity index (χ3v) is 5.09. The summed E-state index contributed by atoms with van der Waals surface area (Å²) >= 11 is 11.9. The van der Waals surface area contributed by atoms with Crippen molar-refractivity contribution in [1.82, 2.24) is 9.97 Å². The summed E-state index contributed by atoms with van der Waals surface area (Å²) in [4.78, 5) is 19.6. The smallest absolute Gasteiger partial charge is 0.294 e. The van der Waals surface area contributed by atoms with Gasteiger partial charge in [-0.15, -0.1) is 0 Å². The minimum absolute atomic E-state index is 0.0146. The van der Waals surface area contributed by atoms with Crippen molar-refractivity contribution in [1.29, 1.82) is 0 Å². The molecule has 0 spiro atoms. The summed E-state index contributed by atoms with van der Waals surface area (Å²) in [5.41, 5.74) is 1.64. The second-order valence-corrected chi connectivity index (χ2v) is 7.12. The van der Waals surface area contributed by atoms with Crippen LogP contribution in [0.5, 0.6) is 0 Å². The molecule has 4 aromatic rings. The average molecular weight is 407 g/mol. The molecule has 27 heavy (non-hydrogen) atoms. The van der Waals surface area contributed by atoms with Crippen molar-refractivity contribution < 1.29 is 14.1 Å². The number of rotatable bonds is 4. The van der Waals surface area contributed by atoms with E-state index in [-0.39, 0.29) is 22.2 Å². The van der Waals surface area contributed by atoms with Crippen LogP contribution in [-0.4, -0.2) is 9.97 Å². The molecule has 0 bridgehead atoms. The van der Waals surface area contributed by atoms with Gasteiger partial charge in [-0.05, 0) is 31.2 Å². The molecule has 0 aliphatic rings. The molecule has 0 radical (unpaired) electrons. The first kappa shape index (κ1) is 18.0. The molecule has 138 valence electrons. The molecular formula is C19H15Cl2FN3O2+. The Kier molecular flexibility index (Phi) is 4.63. The summed E-state index contributed by atoms with van der Waals surface area (Å²) in [6.45, 7) is 2.27. The van der Waals surface area contributed by atoms with Crippen LogP contribution in [0, 0.1) is 5.82 Å². The summed E-state index contributed by atoms with van der Waals surface area (Å²) in [7, 11) is 0. The van der Waals surface area contributed by atoms with Crippen LogP contribution < -0.4 is 10.9 Å². The van der Waals surface area contributed by atoms with Gasteiger partial charge in [0.1, 0.15) is 29.5 Å². The molecule has 8 heteroatoms. The van der Waals surface area contributed by atoms with Gasteiger partial charge in [-0.25, -0.2) is 9.37 Å². The van der Waals surface area contributed by atoms with Crippen LogP contribution >= 0.6 is 23.2 Å². The summed E-state index contributed by atoms with van der Waals surface area (Å²) in [6, 6.07) is 9.92. The highest BCUT2D eigenvalue weighted by Crippen LogP contribution is 2.27. The SMILES string of the molecule is C[C@H]([NH2+]Cc1nc2c(oc3ccccc32)c(=O)[nH]1)c1cc(F)c(Cl)cc1Cl. The maximum atomic E-state index is 13.7. The number of nitrogens with one attached hydrogen (secondary N) is 1. The molecule has 5 nitrogen and oxygen atoms in total. The number of para-hydroxylation sites is 1. The van der Waals surface area contributed by atoms with E-state index in [0.717, 1.165) is 5.39 Å². The van der Waals surface area contributed by atoms with E-state index in [4.69, 9.17) is 27.6 Å². The number of aromatic nitrogens is 2. The molecule has 0 saturated heterocycles. The van der Waals surface area contributed by atoms with Gasteiger partial charge >= 0.3 is 0 Å². The van der Waals surface area contributed by atoms with Gasteiger partial charge in [0.15, 0.2) is 5.82 Å². The van der Waals surface area contributed by atoms with E-state index in [9.17, 15) is 9.18 Å². The van der Waals surface area contributed by atoms with Crippen molar-refractivity contribution in [2.24, 2.45) is 0 Å². The molecule has 4 rings (SSSR count). The molecule has 3 N–H and O–H groups in total. The quantitative estimate of drug-likeness (QED) is 0.504. The number of furan rings is 1. The fourth-order valence-electron chi connectivity index (χ4n) is 3.05. The van der Waals surface area contributed by atoms with E-state index < -0.39 is 5.82 Å². The second kappa shape index (κ2) is 6.96. The number of fused-ring (bicyclic) bond motifs is 3. The average Bonchev–Trinajstić information content (AvgIpc) is 3.02. The summed E-state index contributed by atoms with van der Waals surface area (Å²) in [5.74, 6) is -0.0226. The fraction of sp³-hybridized carbons (Fsp3) is 0.158. The van der Waals surface area contributed by atoms with Gasteiger partial charge in [-0.2, -0.15) is 0 Å². The Labute approximate surface area is 163 Å². The number of benzene rings is 2. The minimum atomic E-state index is -0.519. The molecule has 0 fully saturated rings. The van der Waals surface area contributed by atoms with E-state index in [1.54, 1.807) is 6.07 Å². The lowest BCUT2D eigenvalue weighted by molar-refractivity contribution is -0.708. The number of aromatic amines is 1. The highest BCUT2D eigenvalue weighted by molar-refractivity contribution is 6.35. The van der Waals surface area contributed by atoms with Crippen LogP contribution in [0.4, 0.5) is 4.39 Å². The normalized spacial score (nSPS) is 12.7. The molecule has 1 atom stereocenters. The predicted octanol–water partition coefficient (Wildman–Crippen LogP) is 3.94. The van der Waals surface area contributed by atoms with Crippen LogP contribution in [0.2, 0.25) is 10.0 Å². The van der Waals surface area contributed by atoms with Gasteiger partial charge in [0, 0.05) is 10.9 Å². The standard InChI is InChI=1S/C19H14Cl2FN3O2/c1-9(11-6-14(22)13(21)7-12(11)20)23-8-16-24-17-10-4-2-3-5-15(10)27-18(17)19(26)25-16/h2-7,9,23H,8H2,1H3,(H,24,25,26)/p+1/t9-/m0/s1. The first-order valence-corrected chi connectivity index (χ1v) is 9.08. The van der Waals surface area contributed by atoms with Gasteiger partial charge in [0.05, 0.1) is 10.0 Å². The van der Waals surface area contributed by atoms with E-state index in [1.807, 2.05) is 30.4 Å². The number of halogens is 3. The Bertz CT molecular complexity index is 1220. The van der Waals surface area contributed by atoms with Gasteiger partial charge in [0.25, 0.3) is 5.56 Å². The lowest BCUT2D eigenvalue weighted by Gasteiger charge is -2.13. The molecular weight excluding hydrogens is 392 g/mol. The Balaban J connectivity index is 1.63. The lowest BCUT2D eigenvalue weighted by atomic mass is 10.1. The number of hydrogen-bond acceptors (Lipinski definition) is 3. The second-order valence-electron chi connectivity index (χ2n) is 6.30. The molecule has 0 saturated carbocycles. The van der Waals surface area contributed by atoms with Crippen LogP contribution in [0.25, 0.3) is 22.1 Å².